The number of carbonyl (C=O) groups excluding carboxylic acids is 2. The van der Waals surface area contributed by atoms with E-state index in [2.05, 4.69) is 20.8 Å². The van der Waals surface area contributed by atoms with Crippen LogP contribution in [-0.4, -0.2) is 23.0 Å². The Hall–Kier alpha value is -4.13. The lowest BCUT2D eigenvalue weighted by Crippen LogP contribution is -2.32. The molecule has 0 radical (unpaired) electrons. The van der Waals surface area contributed by atoms with Crippen LogP contribution in [0.15, 0.2) is 89.9 Å². The zero-order valence-corrected chi connectivity index (χ0v) is 15.2. The second-order valence-electron chi connectivity index (χ2n) is 5.91. The molecule has 0 atom stereocenters. The van der Waals surface area contributed by atoms with Crippen molar-refractivity contribution in [3.63, 3.8) is 0 Å². The third-order valence-electron chi connectivity index (χ3n) is 3.80. The zero-order valence-electron chi connectivity index (χ0n) is 15.2. The number of hydrogen-bond donors (Lipinski definition) is 2. The van der Waals surface area contributed by atoms with Gasteiger partial charge in [0.1, 0.15) is 11.5 Å². The van der Waals surface area contributed by atoms with Crippen molar-refractivity contribution in [1.82, 2.24) is 15.7 Å². The number of aromatic nitrogens is 1. The standard InChI is InChI=1S/C22H17FN4O2/c23-19-8-6-16(7-9-19)14-20(26-21(28)18-4-2-1-3-5-18)22(29)27-25-15-17-10-12-24-13-11-17/h1-15H,(H,26,28)(H,27,29). The monoisotopic (exact) mass is 388 g/mol. The number of pyridine rings is 1. The molecule has 3 aromatic rings. The molecule has 0 spiro atoms. The average Bonchev–Trinajstić information content (AvgIpc) is 2.76. The Kier molecular flexibility index (Phi) is 6.57. The SMILES string of the molecule is O=C(NN=Cc1ccncc1)C(=Cc1ccc(F)cc1)NC(=O)c1ccccc1. The van der Waals surface area contributed by atoms with Crippen molar-refractivity contribution in [3.8, 4) is 0 Å². The van der Waals surface area contributed by atoms with E-state index in [4.69, 9.17) is 0 Å². The topological polar surface area (TPSA) is 83.4 Å². The number of carbonyl (C=O) groups is 2. The highest BCUT2D eigenvalue weighted by atomic mass is 19.1. The first-order chi connectivity index (χ1) is 14.1. The minimum absolute atomic E-state index is 0.0302. The molecule has 0 aliphatic rings. The van der Waals surface area contributed by atoms with Gasteiger partial charge in [0.2, 0.25) is 0 Å². The van der Waals surface area contributed by atoms with Crippen LogP contribution in [0, 0.1) is 5.82 Å². The quantitative estimate of drug-likeness (QED) is 0.387. The second-order valence-corrected chi connectivity index (χ2v) is 5.91. The van der Waals surface area contributed by atoms with Crippen molar-refractivity contribution in [2.45, 2.75) is 0 Å². The zero-order chi connectivity index (χ0) is 20.5. The van der Waals surface area contributed by atoms with Crippen molar-refractivity contribution in [2.24, 2.45) is 5.10 Å². The summed E-state index contributed by atoms with van der Waals surface area (Å²) >= 11 is 0. The number of nitrogens with one attached hydrogen (secondary N) is 2. The Bertz CT molecular complexity index is 1030. The number of hydrogen-bond acceptors (Lipinski definition) is 4. The third kappa shape index (κ3) is 5.93. The molecule has 29 heavy (non-hydrogen) atoms. The van der Waals surface area contributed by atoms with Crippen molar-refractivity contribution in [1.29, 1.82) is 0 Å². The van der Waals surface area contributed by atoms with Crippen molar-refractivity contribution < 1.29 is 14.0 Å². The van der Waals surface area contributed by atoms with E-state index in [0.29, 0.717) is 11.1 Å². The highest BCUT2D eigenvalue weighted by Gasteiger charge is 2.14. The van der Waals surface area contributed by atoms with Crippen LogP contribution in [0.2, 0.25) is 0 Å². The van der Waals surface area contributed by atoms with Crippen LogP contribution in [0.4, 0.5) is 4.39 Å². The Morgan fingerprint density at radius 3 is 2.28 bits per heavy atom. The Labute approximate surface area is 166 Å². The molecule has 0 aliphatic heterocycles. The van der Waals surface area contributed by atoms with E-state index in [1.807, 2.05) is 0 Å². The van der Waals surface area contributed by atoms with Gasteiger partial charge in [-0.05, 0) is 53.6 Å². The number of halogens is 1. The molecule has 2 aromatic carbocycles. The van der Waals surface area contributed by atoms with Gasteiger partial charge in [0.25, 0.3) is 11.8 Å². The molecule has 0 bridgehead atoms. The summed E-state index contributed by atoms with van der Waals surface area (Å²) in [5, 5.41) is 6.47. The summed E-state index contributed by atoms with van der Waals surface area (Å²) in [6, 6.07) is 17.5. The van der Waals surface area contributed by atoms with Crippen LogP contribution in [0.1, 0.15) is 21.5 Å². The number of nitrogens with zero attached hydrogens (tertiary/aromatic N) is 2. The lowest BCUT2D eigenvalue weighted by Gasteiger charge is -2.09. The molecule has 0 unspecified atom stereocenters. The molecule has 1 heterocycles. The molecule has 0 fully saturated rings. The van der Waals surface area contributed by atoms with Crippen molar-refractivity contribution in [3.05, 3.63) is 107 Å². The normalized spacial score (nSPS) is 11.3. The summed E-state index contributed by atoms with van der Waals surface area (Å²) < 4.78 is 13.1. The second kappa shape index (κ2) is 9.70. The largest absolute Gasteiger partial charge is 0.317 e. The maximum atomic E-state index is 13.1. The maximum absolute atomic E-state index is 13.1. The third-order valence-corrected chi connectivity index (χ3v) is 3.80. The molecular weight excluding hydrogens is 371 g/mol. The van der Waals surface area contributed by atoms with Crippen LogP contribution < -0.4 is 10.7 Å². The van der Waals surface area contributed by atoms with Crippen LogP contribution >= 0.6 is 0 Å². The van der Waals surface area contributed by atoms with Gasteiger partial charge in [-0.3, -0.25) is 14.6 Å². The summed E-state index contributed by atoms with van der Waals surface area (Å²) in [4.78, 5) is 28.9. The van der Waals surface area contributed by atoms with E-state index in [1.54, 1.807) is 54.9 Å². The molecule has 1 aromatic heterocycles. The molecular formula is C22H17FN4O2. The summed E-state index contributed by atoms with van der Waals surface area (Å²) in [5.74, 6) is -1.47. The molecule has 144 valence electrons. The number of amides is 2. The fourth-order valence-corrected chi connectivity index (χ4v) is 2.34. The van der Waals surface area contributed by atoms with Gasteiger partial charge in [0.05, 0.1) is 6.21 Å². The van der Waals surface area contributed by atoms with Gasteiger partial charge in [-0.15, -0.1) is 0 Å². The minimum atomic E-state index is -0.621. The highest BCUT2D eigenvalue weighted by Crippen LogP contribution is 2.09. The first-order valence-electron chi connectivity index (χ1n) is 8.69. The van der Waals surface area contributed by atoms with Gasteiger partial charge in [0, 0.05) is 18.0 Å². The molecule has 2 amide bonds. The van der Waals surface area contributed by atoms with Gasteiger partial charge in [-0.1, -0.05) is 30.3 Å². The fraction of sp³-hybridized carbons (Fsp3) is 0. The molecule has 0 aliphatic carbocycles. The summed E-state index contributed by atoms with van der Waals surface area (Å²) in [6.07, 6.45) is 6.10. The highest BCUT2D eigenvalue weighted by molar-refractivity contribution is 6.05. The van der Waals surface area contributed by atoms with Gasteiger partial charge in [-0.25, -0.2) is 9.82 Å². The van der Waals surface area contributed by atoms with E-state index in [0.717, 1.165) is 5.56 Å². The first kappa shape index (κ1) is 19.6. The van der Waals surface area contributed by atoms with Crippen LogP contribution in [0.5, 0.6) is 0 Å². The van der Waals surface area contributed by atoms with Crippen molar-refractivity contribution in [2.75, 3.05) is 0 Å². The molecule has 0 saturated heterocycles. The number of benzene rings is 2. The lowest BCUT2D eigenvalue weighted by atomic mass is 10.1. The van der Waals surface area contributed by atoms with Gasteiger partial charge in [0.15, 0.2) is 0 Å². The maximum Gasteiger partial charge on any atom is 0.287 e. The summed E-state index contributed by atoms with van der Waals surface area (Å²) in [7, 11) is 0. The molecule has 2 N–H and O–H groups in total. The number of rotatable bonds is 6. The predicted octanol–water partition coefficient (Wildman–Crippen LogP) is 3.14. The average molecular weight is 388 g/mol. The van der Waals surface area contributed by atoms with Crippen LogP contribution in [0.25, 0.3) is 6.08 Å². The van der Waals surface area contributed by atoms with Gasteiger partial charge >= 0.3 is 0 Å². The molecule has 6 nitrogen and oxygen atoms in total. The summed E-state index contributed by atoms with van der Waals surface area (Å²) in [6.45, 7) is 0. The fourth-order valence-electron chi connectivity index (χ4n) is 2.34. The minimum Gasteiger partial charge on any atom is -0.317 e. The molecule has 0 saturated carbocycles. The van der Waals surface area contributed by atoms with E-state index in [-0.39, 0.29) is 5.70 Å². The Balaban J connectivity index is 1.79. The van der Waals surface area contributed by atoms with E-state index in [9.17, 15) is 14.0 Å². The first-order valence-corrected chi connectivity index (χ1v) is 8.69. The molecule has 3 rings (SSSR count). The van der Waals surface area contributed by atoms with Crippen LogP contribution in [0.3, 0.4) is 0 Å². The Morgan fingerprint density at radius 2 is 1.59 bits per heavy atom. The van der Waals surface area contributed by atoms with Crippen LogP contribution in [-0.2, 0) is 4.79 Å². The van der Waals surface area contributed by atoms with Gasteiger partial charge in [-0.2, -0.15) is 5.10 Å². The van der Waals surface area contributed by atoms with E-state index < -0.39 is 17.6 Å². The summed E-state index contributed by atoms with van der Waals surface area (Å²) in [5.41, 5.74) is 4.03. The van der Waals surface area contributed by atoms with Crippen molar-refractivity contribution >= 4 is 24.1 Å². The van der Waals surface area contributed by atoms with E-state index in [1.165, 1.54) is 36.6 Å². The molecule has 7 heteroatoms. The van der Waals surface area contributed by atoms with Gasteiger partial charge < -0.3 is 5.32 Å². The Morgan fingerprint density at radius 1 is 0.897 bits per heavy atom. The predicted molar refractivity (Wildman–Crippen MR) is 108 cm³/mol. The van der Waals surface area contributed by atoms with E-state index >= 15 is 0 Å². The lowest BCUT2D eigenvalue weighted by molar-refractivity contribution is -0.117. The smallest absolute Gasteiger partial charge is 0.287 e. The number of hydrazone groups is 1.